The van der Waals surface area contributed by atoms with Gasteiger partial charge >= 0.3 is 7.12 Å². The van der Waals surface area contributed by atoms with Crippen LogP contribution in [0.1, 0.15) is 46.0 Å². The molecule has 0 spiro atoms. The van der Waals surface area contributed by atoms with E-state index >= 15 is 0 Å². The lowest BCUT2D eigenvalue weighted by Gasteiger charge is -2.32. The molecule has 0 radical (unpaired) electrons. The fraction of sp³-hybridized carbons (Fsp3) is 0.647. The SMILES string of the molecule is CC(B1OC(C)(C)C(C)(C)O1)c1ccc([Si](C)(C)C)cc1. The Labute approximate surface area is 131 Å². The van der Waals surface area contributed by atoms with E-state index in [1.807, 2.05) is 0 Å². The van der Waals surface area contributed by atoms with Crippen molar-refractivity contribution in [3.05, 3.63) is 29.8 Å². The molecule has 2 nitrogen and oxygen atoms in total. The summed E-state index contributed by atoms with van der Waals surface area (Å²) in [5.74, 6) is 0.238. The van der Waals surface area contributed by atoms with E-state index in [4.69, 9.17) is 9.31 Å². The summed E-state index contributed by atoms with van der Waals surface area (Å²) >= 11 is 0. The summed E-state index contributed by atoms with van der Waals surface area (Å²) in [4.78, 5) is 0. The highest BCUT2D eigenvalue weighted by Gasteiger charge is 2.52. The molecule has 0 amide bonds. The Morgan fingerprint density at radius 3 is 1.71 bits per heavy atom. The lowest BCUT2D eigenvalue weighted by molar-refractivity contribution is 0.00578. The number of hydrogen-bond acceptors (Lipinski definition) is 2. The van der Waals surface area contributed by atoms with Crippen LogP contribution in [0.2, 0.25) is 19.6 Å². The van der Waals surface area contributed by atoms with Gasteiger partial charge in [-0.2, -0.15) is 0 Å². The van der Waals surface area contributed by atoms with Gasteiger partial charge in [0.05, 0.1) is 19.3 Å². The van der Waals surface area contributed by atoms with Gasteiger partial charge in [-0.1, -0.05) is 56.0 Å². The molecular weight excluding hydrogens is 275 g/mol. The molecular formula is C17H29BO2Si. The molecule has 1 aromatic carbocycles. The van der Waals surface area contributed by atoms with Gasteiger partial charge in [0.2, 0.25) is 0 Å². The monoisotopic (exact) mass is 304 g/mol. The van der Waals surface area contributed by atoms with Gasteiger partial charge in [-0.05, 0) is 33.3 Å². The van der Waals surface area contributed by atoms with Gasteiger partial charge in [0.25, 0.3) is 0 Å². The molecule has 1 aromatic rings. The summed E-state index contributed by atoms with van der Waals surface area (Å²) in [7, 11) is -1.40. The summed E-state index contributed by atoms with van der Waals surface area (Å²) < 4.78 is 12.3. The lowest BCUT2D eigenvalue weighted by atomic mass is 9.69. The van der Waals surface area contributed by atoms with Crippen LogP contribution in [0.3, 0.4) is 0 Å². The van der Waals surface area contributed by atoms with Crippen molar-refractivity contribution in [2.45, 2.75) is 71.3 Å². The predicted octanol–water partition coefficient (Wildman–Crippen LogP) is 3.97. The second kappa shape index (κ2) is 5.25. The normalized spacial score (nSPS) is 22.4. The first-order chi connectivity index (χ1) is 9.44. The van der Waals surface area contributed by atoms with Crippen molar-refractivity contribution in [1.82, 2.24) is 0 Å². The van der Waals surface area contributed by atoms with Crippen LogP contribution in [0.15, 0.2) is 24.3 Å². The molecule has 1 aliphatic rings. The first-order valence-corrected chi connectivity index (χ1v) is 11.4. The largest absolute Gasteiger partial charge is 0.465 e. The van der Waals surface area contributed by atoms with Gasteiger partial charge in [-0.25, -0.2) is 0 Å². The van der Waals surface area contributed by atoms with Crippen LogP contribution in [0.4, 0.5) is 0 Å². The number of hydrogen-bond donors (Lipinski definition) is 0. The molecule has 1 heterocycles. The van der Waals surface area contributed by atoms with Crippen molar-refractivity contribution in [2.75, 3.05) is 0 Å². The van der Waals surface area contributed by atoms with Crippen molar-refractivity contribution in [3.63, 3.8) is 0 Å². The third-order valence-corrected chi connectivity index (χ3v) is 7.05. The van der Waals surface area contributed by atoms with E-state index in [2.05, 4.69) is 78.5 Å². The van der Waals surface area contributed by atoms with E-state index in [1.54, 1.807) is 0 Å². The summed E-state index contributed by atoms with van der Waals surface area (Å²) in [6.07, 6.45) is 0. The number of rotatable bonds is 3. The topological polar surface area (TPSA) is 18.5 Å². The van der Waals surface area contributed by atoms with Crippen molar-refractivity contribution >= 4 is 20.4 Å². The molecule has 2 rings (SSSR count). The minimum Gasteiger partial charge on any atom is -0.403 e. The van der Waals surface area contributed by atoms with Crippen molar-refractivity contribution in [1.29, 1.82) is 0 Å². The minimum absolute atomic E-state index is 0.173. The lowest BCUT2D eigenvalue weighted by Crippen LogP contribution is -2.41. The van der Waals surface area contributed by atoms with E-state index < -0.39 is 8.07 Å². The molecule has 1 aliphatic heterocycles. The highest BCUT2D eigenvalue weighted by atomic mass is 28.3. The van der Waals surface area contributed by atoms with Gasteiger partial charge in [0, 0.05) is 5.82 Å². The van der Waals surface area contributed by atoms with E-state index in [0.717, 1.165) is 0 Å². The Balaban J connectivity index is 2.17. The summed E-state index contributed by atoms with van der Waals surface area (Å²) in [6, 6.07) is 9.04. The van der Waals surface area contributed by atoms with E-state index in [0.29, 0.717) is 0 Å². The molecule has 1 saturated heterocycles. The van der Waals surface area contributed by atoms with Gasteiger partial charge in [0.1, 0.15) is 0 Å². The van der Waals surface area contributed by atoms with Crippen LogP contribution >= 0.6 is 0 Å². The summed E-state index contributed by atoms with van der Waals surface area (Å²) in [6.45, 7) is 17.7. The predicted molar refractivity (Wildman–Crippen MR) is 93.9 cm³/mol. The molecule has 0 bridgehead atoms. The van der Waals surface area contributed by atoms with Crippen molar-refractivity contribution in [2.24, 2.45) is 0 Å². The summed E-state index contributed by atoms with van der Waals surface area (Å²) in [5.41, 5.74) is 0.768. The fourth-order valence-electron chi connectivity index (χ4n) is 2.54. The fourth-order valence-corrected chi connectivity index (χ4v) is 3.70. The highest BCUT2D eigenvalue weighted by Crippen LogP contribution is 2.40. The Morgan fingerprint density at radius 1 is 0.905 bits per heavy atom. The second-order valence-electron chi connectivity index (χ2n) is 8.29. The Bertz CT molecular complexity index is 487. The molecule has 1 fully saturated rings. The van der Waals surface area contributed by atoms with Crippen molar-refractivity contribution in [3.8, 4) is 0 Å². The average molecular weight is 304 g/mol. The first kappa shape index (κ1) is 16.8. The maximum Gasteiger partial charge on any atom is 0.465 e. The zero-order valence-corrected chi connectivity index (χ0v) is 15.8. The molecule has 21 heavy (non-hydrogen) atoms. The second-order valence-corrected chi connectivity index (χ2v) is 13.4. The van der Waals surface area contributed by atoms with Crippen LogP contribution < -0.4 is 5.19 Å². The molecule has 0 aromatic heterocycles. The van der Waals surface area contributed by atoms with Gasteiger partial charge in [-0.3, -0.25) is 0 Å². The van der Waals surface area contributed by atoms with Crippen LogP contribution in [0, 0.1) is 0 Å². The van der Waals surface area contributed by atoms with Gasteiger partial charge < -0.3 is 9.31 Å². The maximum absolute atomic E-state index is 6.16. The summed E-state index contributed by atoms with van der Waals surface area (Å²) in [5, 5.41) is 1.49. The Hall–Kier alpha value is -0.578. The molecule has 116 valence electrons. The Kier molecular flexibility index (Phi) is 4.20. The minimum atomic E-state index is -1.23. The molecule has 1 atom stereocenters. The Morgan fingerprint density at radius 2 is 1.33 bits per heavy atom. The standard InChI is InChI=1S/C17H29BO2Si/c1-13(18-19-16(2,3)17(4,5)20-18)14-9-11-15(12-10-14)21(6,7)8/h9-13H,1-8H3. The average Bonchev–Trinajstić information content (AvgIpc) is 2.57. The number of benzene rings is 1. The van der Waals surface area contributed by atoms with Crippen LogP contribution in [0.5, 0.6) is 0 Å². The smallest absolute Gasteiger partial charge is 0.403 e. The van der Waals surface area contributed by atoms with E-state index in [-0.39, 0.29) is 24.1 Å². The zero-order chi connectivity index (χ0) is 16.1. The highest BCUT2D eigenvalue weighted by molar-refractivity contribution is 6.88. The quantitative estimate of drug-likeness (QED) is 0.787. The molecule has 0 saturated carbocycles. The van der Waals surface area contributed by atoms with Crippen LogP contribution in [-0.4, -0.2) is 26.4 Å². The third kappa shape index (κ3) is 3.28. The first-order valence-electron chi connectivity index (χ1n) is 7.90. The maximum atomic E-state index is 6.16. The van der Waals surface area contributed by atoms with Crippen LogP contribution in [-0.2, 0) is 9.31 Å². The molecule has 0 N–H and O–H groups in total. The van der Waals surface area contributed by atoms with E-state index in [1.165, 1.54) is 10.8 Å². The van der Waals surface area contributed by atoms with Gasteiger partial charge in [0.15, 0.2) is 0 Å². The van der Waals surface area contributed by atoms with E-state index in [9.17, 15) is 0 Å². The molecule has 1 unspecified atom stereocenters. The van der Waals surface area contributed by atoms with Crippen molar-refractivity contribution < 1.29 is 9.31 Å². The third-order valence-electron chi connectivity index (χ3n) is 4.98. The zero-order valence-electron chi connectivity index (χ0n) is 14.8. The molecule has 0 aliphatic carbocycles. The van der Waals surface area contributed by atoms with Crippen LogP contribution in [0.25, 0.3) is 0 Å². The molecule has 4 heteroatoms. The van der Waals surface area contributed by atoms with Gasteiger partial charge in [-0.15, -0.1) is 0 Å².